The maximum atomic E-state index is 11.3. The Morgan fingerprint density at radius 2 is 1.71 bits per heavy atom. The molecule has 0 saturated heterocycles. The molecule has 162 valence electrons. The van der Waals surface area contributed by atoms with Gasteiger partial charge in [-0.15, -0.1) is 0 Å². The van der Waals surface area contributed by atoms with E-state index in [4.69, 9.17) is 4.18 Å². The number of carbonyl (C=O) groups excluding carboxylic acids is 1. The van der Waals surface area contributed by atoms with Gasteiger partial charge in [0.25, 0.3) is 20.2 Å². The van der Waals surface area contributed by atoms with Crippen LogP contribution < -0.4 is 0 Å². The molecule has 0 aromatic rings. The highest BCUT2D eigenvalue weighted by Gasteiger charge is 2.08. The number of hydrogen-bond donors (Lipinski definition) is 0. The normalized spacial score (nSPS) is 13.8. The van der Waals surface area contributed by atoms with E-state index >= 15 is 0 Å². The maximum absolute atomic E-state index is 11.3. The third-order valence-corrected chi connectivity index (χ3v) is 4.89. The minimum Gasteiger partial charge on any atom is -0.469 e. The molecule has 0 saturated carbocycles. The fourth-order valence-corrected chi connectivity index (χ4v) is 3.11. The molecule has 0 aliphatic carbocycles. The molecule has 0 bridgehead atoms. The van der Waals surface area contributed by atoms with E-state index in [1.165, 1.54) is 19.3 Å². The van der Waals surface area contributed by atoms with Gasteiger partial charge in [-0.05, 0) is 18.1 Å². The van der Waals surface area contributed by atoms with Gasteiger partial charge >= 0.3 is 5.97 Å². The monoisotopic (exact) mass is 551 g/mol. The van der Waals surface area contributed by atoms with Gasteiger partial charge < -0.3 is 9.64 Å². The summed E-state index contributed by atoms with van der Waals surface area (Å²) in [7, 11) is -4.07. The molecule has 0 rings (SSSR count). The summed E-state index contributed by atoms with van der Waals surface area (Å²) < 4.78 is 60.4. The Morgan fingerprint density at radius 3 is 2.21 bits per heavy atom. The van der Waals surface area contributed by atoms with Gasteiger partial charge in [0.1, 0.15) is 0 Å². The summed E-state index contributed by atoms with van der Waals surface area (Å²) in [4.78, 5) is 13.1. The van der Waals surface area contributed by atoms with Crippen molar-refractivity contribution in [2.75, 3.05) is 46.4 Å². The second kappa shape index (κ2) is 13.3. The zero-order valence-electron chi connectivity index (χ0n) is 16.3. The number of methoxy groups -OCH3 is 1. The first-order valence-corrected chi connectivity index (χ1v) is 12.9. The number of nitrogens with zero attached hydrogens (tertiary/aromatic N) is 1. The molecule has 9 nitrogen and oxygen atoms in total. The van der Waals surface area contributed by atoms with Gasteiger partial charge in [-0.2, -0.15) is 16.8 Å². The third-order valence-electron chi connectivity index (χ3n) is 3.14. The lowest BCUT2D eigenvalue weighted by molar-refractivity contribution is -0.140. The van der Waals surface area contributed by atoms with Crippen molar-refractivity contribution in [3.63, 3.8) is 0 Å². The number of likely N-dealkylation sites (N-methyl/N-ethyl adjacent to an activating group) is 1. The van der Waals surface area contributed by atoms with Gasteiger partial charge in [0.05, 0.1) is 32.8 Å². The van der Waals surface area contributed by atoms with Crippen molar-refractivity contribution in [3.05, 3.63) is 33.6 Å². The summed E-state index contributed by atoms with van der Waals surface area (Å²) in [6, 6.07) is 0. The fraction of sp³-hybridized carbons (Fsp3) is 0.562. The van der Waals surface area contributed by atoms with Crippen LogP contribution in [0.5, 0.6) is 0 Å². The van der Waals surface area contributed by atoms with Crippen LogP contribution in [-0.4, -0.2) is 74.1 Å². The minimum absolute atomic E-state index is 0.187. The van der Waals surface area contributed by atoms with Gasteiger partial charge in [0.15, 0.2) is 0 Å². The SMILES string of the molecule is COC(=O)CCCN(C)C(/C=C(\C=C\COS(C)(=O)=O)COS(C)(=O)=O)=C/I. The molecule has 0 radical (unpaired) electrons. The van der Waals surface area contributed by atoms with Gasteiger partial charge in [-0.1, -0.05) is 34.7 Å². The van der Waals surface area contributed by atoms with Crippen LogP contribution in [0.2, 0.25) is 0 Å². The number of esters is 1. The van der Waals surface area contributed by atoms with Crippen molar-refractivity contribution < 1.29 is 34.7 Å². The highest BCUT2D eigenvalue weighted by atomic mass is 127. The summed E-state index contributed by atoms with van der Waals surface area (Å²) in [6.07, 6.45) is 7.41. The van der Waals surface area contributed by atoms with E-state index in [0.29, 0.717) is 18.5 Å². The molecule has 0 aliphatic heterocycles. The smallest absolute Gasteiger partial charge is 0.305 e. The average Bonchev–Trinajstić information content (AvgIpc) is 2.58. The first-order chi connectivity index (χ1) is 12.9. The number of carbonyl (C=O) groups is 1. The van der Waals surface area contributed by atoms with Crippen LogP contribution in [0, 0.1) is 0 Å². The highest BCUT2D eigenvalue weighted by Crippen LogP contribution is 2.13. The van der Waals surface area contributed by atoms with E-state index in [9.17, 15) is 21.6 Å². The summed E-state index contributed by atoms with van der Waals surface area (Å²) in [5.74, 6) is -0.292. The molecule has 0 atom stereocenters. The second-order valence-electron chi connectivity index (χ2n) is 5.71. The molecule has 0 spiro atoms. The Labute approximate surface area is 180 Å². The Bertz CT molecular complexity index is 801. The van der Waals surface area contributed by atoms with Crippen molar-refractivity contribution in [1.29, 1.82) is 0 Å². The fourth-order valence-electron chi connectivity index (χ4n) is 1.78. The second-order valence-corrected chi connectivity index (χ2v) is 9.62. The van der Waals surface area contributed by atoms with Crippen LogP contribution in [-0.2, 0) is 38.1 Å². The number of allylic oxidation sites excluding steroid dienone is 1. The number of hydrogen-bond acceptors (Lipinski definition) is 9. The number of ether oxygens (including phenoxy) is 1. The van der Waals surface area contributed by atoms with Crippen molar-refractivity contribution in [1.82, 2.24) is 4.90 Å². The molecule has 0 aromatic heterocycles. The summed E-state index contributed by atoms with van der Waals surface area (Å²) >= 11 is 2.04. The quantitative estimate of drug-likeness (QED) is 0.146. The molecule has 12 heteroatoms. The van der Waals surface area contributed by atoms with Gasteiger partial charge in [0.2, 0.25) is 0 Å². The van der Waals surface area contributed by atoms with E-state index in [-0.39, 0.29) is 25.6 Å². The maximum Gasteiger partial charge on any atom is 0.305 e. The van der Waals surface area contributed by atoms with E-state index in [1.807, 2.05) is 34.5 Å². The van der Waals surface area contributed by atoms with Gasteiger partial charge in [0, 0.05) is 29.8 Å². The van der Waals surface area contributed by atoms with Crippen LogP contribution >= 0.6 is 22.6 Å². The Hall–Kier alpha value is -0.960. The molecular weight excluding hydrogens is 525 g/mol. The van der Waals surface area contributed by atoms with Gasteiger partial charge in [-0.25, -0.2) is 0 Å². The molecule has 0 aromatic carbocycles. The van der Waals surface area contributed by atoms with Crippen molar-refractivity contribution >= 4 is 48.8 Å². The van der Waals surface area contributed by atoms with E-state index in [2.05, 4.69) is 8.92 Å². The Kier molecular flexibility index (Phi) is 12.8. The average molecular weight is 551 g/mol. The predicted molar refractivity (Wildman–Crippen MR) is 115 cm³/mol. The lowest BCUT2D eigenvalue weighted by Gasteiger charge is -2.20. The van der Waals surface area contributed by atoms with Crippen LogP contribution in [0.25, 0.3) is 0 Å². The zero-order valence-corrected chi connectivity index (χ0v) is 20.0. The van der Waals surface area contributed by atoms with Crippen LogP contribution in [0.15, 0.2) is 33.6 Å². The molecule has 0 unspecified atom stereocenters. The van der Waals surface area contributed by atoms with E-state index in [0.717, 1.165) is 18.2 Å². The minimum atomic E-state index is -3.65. The number of rotatable bonds is 13. The molecule has 0 aliphatic rings. The molecular formula is C16H26INO8S2. The molecule has 0 heterocycles. The standard InChI is InChI=1S/C16H26INO8S2/c1-18(9-5-8-16(19)24-2)15(12-17)11-14(13-26-28(4,22)23)7-6-10-25-27(3,20)21/h6-7,11-12H,5,8-10,13H2,1-4H3/b7-6+,14-11+,15-12+. The highest BCUT2D eigenvalue weighted by molar-refractivity contribution is 14.1. The van der Waals surface area contributed by atoms with Crippen LogP contribution in [0.1, 0.15) is 12.8 Å². The zero-order chi connectivity index (χ0) is 21.8. The molecule has 0 N–H and O–H groups in total. The van der Waals surface area contributed by atoms with Crippen molar-refractivity contribution in [3.8, 4) is 0 Å². The Balaban J connectivity index is 5.19. The van der Waals surface area contributed by atoms with Crippen molar-refractivity contribution in [2.45, 2.75) is 12.8 Å². The lowest BCUT2D eigenvalue weighted by atomic mass is 10.2. The largest absolute Gasteiger partial charge is 0.469 e. The molecule has 28 heavy (non-hydrogen) atoms. The first-order valence-electron chi connectivity index (χ1n) is 8.02. The molecule has 0 amide bonds. The summed E-state index contributed by atoms with van der Waals surface area (Å²) in [5, 5.41) is 0. The summed E-state index contributed by atoms with van der Waals surface area (Å²) in [6.45, 7) is 0.160. The van der Waals surface area contributed by atoms with Crippen LogP contribution in [0.3, 0.4) is 0 Å². The first kappa shape index (κ1) is 27.0. The lowest BCUT2D eigenvalue weighted by Crippen LogP contribution is -2.19. The topological polar surface area (TPSA) is 116 Å². The van der Waals surface area contributed by atoms with Crippen molar-refractivity contribution in [2.24, 2.45) is 0 Å². The number of halogens is 1. The van der Waals surface area contributed by atoms with Crippen LogP contribution in [0.4, 0.5) is 0 Å². The van der Waals surface area contributed by atoms with E-state index < -0.39 is 20.2 Å². The predicted octanol–water partition coefficient (Wildman–Crippen LogP) is 1.58. The summed E-state index contributed by atoms with van der Waals surface area (Å²) in [5.41, 5.74) is 1.25. The van der Waals surface area contributed by atoms with E-state index in [1.54, 1.807) is 10.2 Å². The molecule has 0 fully saturated rings. The Morgan fingerprint density at radius 1 is 1.11 bits per heavy atom. The third kappa shape index (κ3) is 15.0. The van der Waals surface area contributed by atoms with Gasteiger partial charge in [-0.3, -0.25) is 13.2 Å².